The molecule has 4 aliphatic carbocycles. The molecule has 5 aliphatic rings. The van der Waals surface area contributed by atoms with Crippen LogP contribution in [0.15, 0.2) is 23.8 Å². The van der Waals surface area contributed by atoms with Gasteiger partial charge in [-0.25, -0.2) is 0 Å². The van der Waals surface area contributed by atoms with Crippen LogP contribution in [0.1, 0.15) is 99.3 Å². The van der Waals surface area contributed by atoms with E-state index in [2.05, 4.69) is 59.8 Å². The van der Waals surface area contributed by atoms with E-state index in [1.807, 2.05) is 0 Å². The van der Waals surface area contributed by atoms with Crippen molar-refractivity contribution in [2.75, 3.05) is 6.61 Å². The molecule has 0 aromatic rings. The summed E-state index contributed by atoms with van der Waals surface area (Å²) in [7, 11) is 0. The molecule has 234 valence electrons. The first-order valence-corrected chi connectivity index (χ1v) is 16.8. The minimum atomic E-state index is -1.40. The summed E-state index contributed by atoms with van der Waals surface area (Å²) in [5, 5.41) is 40.4. The van der Waals surface area contributed by atoms with Gasteiger partial charge in [0.05, 0.1) is 12.7 Å². The minimum Gasteiger partial charge on any atom is -0.394 e. The fraction of sp³-hybridized carbons (Fsp3) is 0.886. The molecule has 1 heterocycles. The maximum atomic E-state index is 10.5. The summed E-state index contributed by atoms with van der Waals surface area (Å²) in [5.74, 6) is 4.61. The van der Waals surface area contributed by atoms with Crippen LogP contribution in [0.5, 0.6) is 0 Å². The number of fused-ring (bicyclic) bond motifs is 5. The molecule has 0 amide bonds. The van der Waals surface area contributed by atoms with Crippen LogP contribution < -0.4 is 0 Å². The third kappa shape index (κ3) is 5.64. The van der Waals surface area contributed by atoms with Crippen molar-refractivity contribution in [2.24, 2.45) is 52.3 Å². The Morgan fingerprint density at radius 2 is 1.66 bits per heavy atom. The van der Waals surface area contributed by atoms with Crippen molar-refractivity contribution in [1.29, 1.82) is 0 Å². The summed E-state index contributed by atoms with van der Waals surface area (Å²) in [6.07, 6.45) is 12.0. The second kappa shape index (κ2) is 12.3. The van der Waals surface area contributed by atoms with Gasteiger partial charge in [0.2, 0.25) is 0 Å². The molecular weight excluding hydrogens is 516 g/mol. The van der Waals surface area contributed by atoms with Crippen LogP contribution in [0.3, 0.4) is 0 Å². The molecule has 5 unspecified atom stereocenters. The van der Waals surface area contributed by atoms with E-state index in [0.717, 1.165) is 31.6 Å². The van der Waals surface area contributed by atoms with Crippen LogP contribution in [0.4, 0.5) is 0 Å². The van der Waals surface area contributed by atoms with E-state index in [9.17, 15) is 20.4 Å². The van der Waals surface area contributed by atoms with E-state index in [1.54, 1.807) is 5.57 Å². The zero-order valence-corrected chi connectivity index (χ0v) is 26.4. The van der Waals surface area contributed by atoms with Crippen LogP contribution in [-0.2, 0) is 9.47 Å². The molecule has 3 saturated carbocycles. The van der Waals surface area contributed by atoms with Crippen molar-refractivity contribution in [3.63, 3.8) is 0 Å². The van der Waals surface area contributed by atoms with Crippen LogP contribution >= 0.6 is 0 Å². The lowest BCUT2D eigenvalue weighted by Crippen LogP contribution is -2.60. The normalized spacial score (nSPS) is 47.9. The topological polar surface area (TPSA) is 99.4 Å². The number of aliphatic hydroxyl groups excluding tert-OH is 4. The molecule has 0 bridgehead atoms. The highest BCUT2D eigenvalue weighted by atomic mass is 16.7. The highest BCUT2D eigenvalue weighted by Crippen LogP contribution is 2.67. The SMILES string of the molecule is CC[C@H](/C=C/C(C)C1CCC2C3=CCC4C[C@@H](O[C@@H]5O[C@H](CO)[C@@H](O)[C@@H](O)[C@H]5O)CC[C@]4(C)C3CC[C@@]21C)C(C)C. The largest absolute Gasteiger partial charge is 0.394 e. The Hall–Kier alpha value is -0.760. The lowest BCUT2D eigenvalue weighted by atomic mass is 9.47. The predicted octanol–water partition coefficient (Wildman–Crippen LogP) is 5.63. The summed E-state index contributed by atoms with van der Waals surface area (Å²) in [5.41, 5.74) is 2.41. The van der Waals surface area contributed by atoms with Crippen LogP contribution in [0, 0.1) is 52.3 Å². The molecule has 1 saturated heterocycles. The number of hydrogen-bond acceptors (Lipinski definition) is 6. The molecule has 6 heteroatoms. The van der Waals surface area contributed by atoms with Crippen molar-refractivity contribution >= 4 is 0 Å². The Balaban J connectivity index is 1.26. The van der Waals surface area contributed by atoms with Crippen LogP contribution in [0.25, 0.3) is 0 Å². The molecule has 5 rings (SSSR count). The first-order valence-electron chi connectivity index (χ1n) is 16.8. The molecule has 0 aromatic heterocycles. The molecule has 41 heavy (non-hydrogen) atoms. The number of hydrogen-bond donors (Lipinski definition) is 4. The van der Waals surface area contributed by atoms with Gasteiger partial charge in [-0.15, -0.1) is 0 Å². The lowest BCUT2D eigenvalue weighted by Gasteiger charge is -2.58. The van der Waals surface area contributed by atoms with Gasteiger partial charge >= 0.3 is 0 Å². The first-order chi connectivity index (χ1) is 19.4. The quantitative estimate of drug-likeness (QED) is 0.281. The Bertz CT molecular complexity index is 960. The Labute approximate surface area is 248 Å². The van der Waals surface area contributed by atoms with E-state index in [0.29, 0.717) is 40.9 Å². The smallest absolute Gasteiger partial charge is 0.186 e. The van der Waals surface area contributed by atoms with Crippen molar-refractivity contribution in [1.82, 2.24) is 0 Å². The van der Waals surface area contributed by atoms with Gasteiger partial charge in [-0.05, 0) is 110 Å². The zero-order valence-electron chi connectivity index (χ0n) is 26.4. The van der Waals surface area contributed by atoms with Crippen LogP contribution in [-0.4, -0.2) is 63.8 Å². The van der Waals surface area contributed by atoms with Gasteiger partial charge in [-0.3, -0.25) is 0 Å². The monoisotopic (exact) mass is 574 g/mol. The Morgan fingerprint density at radius 3 is 2.34 bits per heavy atom. The first kappa shape index (κ1) is 31.7. The van der Waals surface area contributed by atoms with E-state index >= 15 is 0 Å². The molecule has 4 fully saturated rings. The predicted molar refractivity (Wildman–Crippen MR) is 161 cm³/mol. The standard InChI is InChI=1S/C35H58O6/c1-7-22(20(2)3)9-8-21(4)26-12-13-27-25-11-10-23-18-24(14-16-34(23,5)28(25)15-17-35(26,27)6)40-33-32(39)31(38)30(37)29(19-36)41-33/h8-9,11,20-24,26-33,36-39H,7,10,12-19H2,1-6H3/b9-8+/t21?,22-,23?,24+,26?,27?,28?,29-,30-,31-,32-,33-,34+,35-/m1/s1. The Kier molecular flexibility index (Phi) is 9.51. The summed E-state index contributed by atoms with van der Waals surface area (Å²) in [6, 6.07) is 0. The van der Waals surface area contributed by atoms with Crippen molar-refractivity contribution < 1.29 is 29.9 Å². The molecule has 0 spiro atoms. The number of allylic oxidation sites excluding steroid dienone is 4. The second-order valence-electron chi connectivity index (χ2n) is 15.3. The summed E-state index contributed by atoms with van der Waals surface area (Å²) >= 11 is 0. The maximum Gasteiger partial charge on any atom is 0.186 e. The van der Waals surface area contributed by atoms with Gasteiger partial charge in [0.25, 0.3) is 0 Å². The molecule has 14 atom stereocenters. The highest BCUT2D eigenvalue weighted by Gasteiger charge is 2.58. The zero-order chi connectivity index (χ0) is 29.7. The van der Waals surface area contributed by atoms with Crippen molar-refractivity contribution in [3.05, 3.63) is 23.8 Å². The van der Waals surface area contributed by atoms with Gasteiger partial charge in [-0.2, -0.15) is 0 Å². The average molecular weight is 575 g/mol. The molecular formula is C35H58O6. The van der Waals surface area contributed by atoms with E-state index < -0.39 is 37.3 Å². The summed E-state index contributed by atoms with van der Waals surface area (Å²) < 4.78 is 11.9. The van der Waals surface area contributed by atoms with Gasteiger partial charge in [0, 0.05) is 0 Å². The summed E-state index contributed by atoms with van der Waals surface area (Å²) in [4.78, 5) is 0. The minimum absolute atomic E-state index is 0.0698. The maximum absolute atomic E-state index is 10.5. The fourth-order valence-corrected chi connectivity index (χ4v) is 10.2. The molecule has 0 radical (unpaired) electrons. The number of aliphatic hydroxyl groups is 4. The number of rotatable bonds is 8. The Morgan fingerprint density at radius 1 is 0.951 bits per heavy atom. The third-order valence-electron chi connectivity index (χ3n) is 12.9. The molecule has 0 aromatic carbocycles. The van der Waals surface area contributed by atoms with E-state index in [-0.39, 0.29) is 11.5 Å². The number of ether oxygens (including phenoxy) is 2. The van der Waals surface area contributed by atoms with Gasteiger partial charge in [-0.1, -0.05) is 65.3 Å². The van der Waals surface area contributed by atoms with Gasteiger partial charge in [0.1, 0.15) is 24.4 Å². The highest BCUT2D eigenvalue weighted by molar-refractivity contribution is 5.28. The van der Waals surface area contributed by atoms with E-state index in [1.165, 1.54) is 32.1 Å². The van der Waals surface area contributed by atoms with Crippen molar-refractivity contribution in [2.45, 2.75) is 136 Å². The van der Waals surface area contributed by atoms with Gasteiger partial charge < -0.3 is 29.9 Å². The van der Waals surface area contributed by atoms with Crippen molar-refractivity contribution in [3.8, 4) is 0 Å². The molecule has 4 N–H and O–H groups in total. The lowest BCUT2D eigenvalue weighted by molar-refractivity contribution is -0.315. The molecule has 1 aliphatic heterocycles. The summed E-state index contributed by atoms with van der Waals surface area (Å²) in [6.45, 7) is 14.2. The van der Waals surface area contributed by atoms with Crippen LogP contribution in [0.2, 0.25) is 0 Å². The average Bonchev–Trinajstić information content (AvgIpc) is 3.30. The second-order valence-corrected chi connectivity index (χ2v) is 15.3. The fourth-order valence-electron chi connectivity index (χ4n) is 10.2. The van der Waals surface area contributed by atoms with Gasteiger partial charge in [0.15, 0.2) is 6.29 Å². The molecule has 6 nitrogen and oxygen atoms in total. The third-order valence-corrected chi connectivity index (χ3v) is 12.9. The van der Waals surface area contributed by atoms with E-state index in [4.69, 9.17) is 9.47 Å².